The summed E-state index contributed by atoms with van der Waals surface area (Å²) in [6, 6.07) is 5.13. The largest absolute Gasteiger partial charge is 0.490 e. The van der Waals surface area contributed by atoms with E-state index < -0.39 is 9.84 Å². The van der Waals surface area contributed by atoms with Crippen molar-refractivity contribution >= 4 is 28.2 Å². The fourth-order valence-corrected chi connectivity index (χ4v) is 5.44. The fourth-order valence-electron chi connectivity index (χ4n) is 4.20. The molecular formula is C19H27ClN2O5S. The molecule has 0 aliphatic carbocycles. The minimum Gasteiger partial charge on any atom is -0.490 e. The van der Waals surface area contributed by atoms with E-state index >= 15 is 0 Å². The van der Waals surface area contributed by atoms with Gasteiger partial charge in [0.2, 0.25) is 5.91 Å². The van der Waals surface area contributed by atoms with Crippen LogP contribution < -0.4 is 14.8 Å². The van der Waals surface area contributed by atoms with Gasteiger partial charge in [-0.25, -0.2) is 8.42 Å². The van der Waals surface area contributed by atoms with E-state index in [-0.39, 0.29) is 47.5 Å². The third-order valence-electron chi connectivity index (χ3n) is 5.60. The van der Waals surface area contributed by atoms with E-state index in [9.17, 15) is 13.2 Å². The predicted octanol–water partition coefficient (Wildman–Crippen LogP) is 1.79. The highest BCUT2D eigenvalue weighted by atomic mass is 35.5. The van der Waals surface area contributed by atoms with E-state index in [0.717, 1.165) is 38.8 Å². The highest BCUT2D eigenvalue weighted by molar-refractivity contribution is 7.91. The maximum atomic E-state index is 12.8. The summed E-state index contributed by atoms with van der Waals surface area (Å²) in [6.07, 6.45) is 3.74. The summed E-state index contributed by atoms with van der Waals surface area (Å²) in [6.45, 7) is 2.78. The lowest BCUT2D eigenvalue weighted by Crippen LogP contribution is -2.43. The van der Waals surface area contributed by atoms with Gasteiger partial charge >= 0.3 is 0 Å². The monoisotopic (exact) mass is 430 g/mol. The number of nitrogens with zero attached hydrogens (tertiary/aromatic N) is 1. The van der Waals surface area contributed by atoms with Gasteiger partial charge in [-0.05, 0) is 37.9 Å². The summed E-state index contributed by atoms with van der Waals surface area (Å²) in [5.41, 5.74) is 0. The van der Waals surface area contributed by atoms with Gasteiger partial charge in [-0.1, -0.05) is 0 Å². The van der Waals surface area contributed by atoms with Crippen molar-refractivity contribution in [2.45, 2.75) is 49.1 Å². The molecule has 9 heteroatoms. The number of rotatable bonds is 4. The number of nitrogens with one attached hydrogen (secondary N) is 1. The van der Waals surface area contributed by atoms with Gasteiger partial charge in [0.25, 0.3) is 0 Å². The van der Waals surface area contributed by atoms with Crippen molar-refractivity contribution in [3.05, 3.63) is 18.2 Å². The molecule has 2 fully saturated rings. The Balaban J connectivity index is 0.00000225. The lowest BCUT2D eigenvalue weighted by molar-refractivity contribution is -0.133. The van der Waals surface area contributed by atoms with Gasteiger partial charge in [-0.15, -0.1) is 12.4 Å². The van der Waals surface area contributed by atoms with Crippen molar-refractivity contribution in [3.8, 4) is 11.5 Å². The van der Waals surface area contributed by atoms with Crippen LogP contribution in [0.15, 0.2) is 23.1 Å². The van der Waals surface area contributed by atoms with Crippen LogP contribution in [0.2, 0.25) is 0 Å². The summed E-state index contributed by atoms with van der Waals surface area (Å²) >= 11 is 0. The van der Waals surface area contributed by atoms with Gasteiger partial charge in [0.05, 0.1) is 23.9 Å². The van der Waals surface area contributed by atoms with Crippen molar-refractivity contribution in [1.29, 1.82) is 0 Å². The number of carbonyl (C=O) groups is 1. The average Bonchev–Trinajstić information content (AvgIpc) is 2.81. The molecule has 3 aliphatic rings. The van der Waals surface area contributed by atoms with Crippen molar-refractivity contribution in [2.24, 2.45) is 0 Å². The molecule has 28 heavy (non-hydrogen) atoms. The first kappa shape index (κ1) is 21.2. The maximum Gasteiger partial charge on any atom is 0.224 e. The number of sulfone groups is 1. The SMILES string of the molecule is Cl.O=C(CCS(=O)(=O)c1ccc2c(c1)OCCCO2)N1C2CCNCC1CC2. The van der Waals surface area contributed by atoms with Crippen LogP contribution in [-0.2, 0) is 14.6 Å². The van der Waals surface area contributed by atoms with E-state index in [1.54, 1.807) is 6.07 Å². The molecule has 2 unspecified atom stereocenters. The molecule has 1 amide bonds. The third-order valence-corrected chi connectivity index (χ3v) is 7.32. The second kappa shape index (κ2) is 8.88. The third kappa shape index (κ3) is 4.39. The molecule has 0 spiro atoms. The molecule has 1 N–H and O–H groups in total. The minimum absolute atomic E-state index is 0. The molecule has 2 saturated heterocycles. The first-order valence-electron chi connectivity index (χ1n) is 9.69. The van der Waals surface area contributed by atoms with Gasteiger partial charge < -0.3 is 19.7 Å². The van der Waals surface area contributed by atoms with Crippen LogP contribution in [0.5, 0.6) is 11.5 Å². The van der Waals surface area contributed by atoms with Crippen LogP contribution in [-0.4, -0.2) is 63.4 Å². The second-order valence-electron chi connectivity index (χ2n) is 7.41. The standard InChI is InChI=1S/C19H26N2O5S.ClH/c22-19(21-14-2-3-15(21)13-20-8-6-14)7-11-27(23,24)16-4-5-17-18(12-16)26-10-1-9-25-17;/h4-5,12,14-15,20H,1-3,6-11,13H2;1H. The van der Waals surface area contributed by atoms with E-state index in [2.05, 4.69) is 5.32 Å². The van der Waals surface area contributed by atoms with Gasteiger partial charge in [0, 0.05) is 37.5 Å². The first-order valence-corrected chi connectivity index (χ1v) is 11.3. The van der Waals surface area contributed by atoms with E-state index in [0.29, 0.717) is 24.7 Å². The van der Waals surface area contributed by atoms with Gasteiger partial charge in [-0.2, -0.15) is 0 Å². The van der Waals surface area contributed by atoms with Crippen LogP contribution in [0, 0.1) is 0 Å². The highest BCUT2D eigenvalue weighted by Crippen LogP contribution is 2.33. The van der Waals surface area contributed by atoms with Crippen molar-refractivity contribution in [3.63, 3.8) is 0 Å². The van der Waals surface area contributed by atoms with Gasteiger partial charge in [0.1, 0.15) is 0 Å². The van der Waals surface area contributed by atoms with Crippen LogP contribution >= 0.6 is 12.4 Å². The van der Waals surface area contributed by atoms with Crippen molar-refractivity contribution in [2.75, 3.05) is 32.1 Å². The zero-order valence-corrected chi connectivity index (χ0v) is 17.4. The normalized spacial score (nSPS) is 24.1. The quantitative estimate of drug-likeness (QED) is 0.783. The molecule has 1 aromatic carbocycles. The van der Waals surface area contributed by atoms with Crippen LogP contribution in [0.25, 0.3) is 0 Å². The average molecular weight is 431 g/mol. The molecule has 156 valence electrons. The van der Waals surface area contributed by atoms with Crippen LogP contribution in [0.4, 0.5) is 0 Å². The number of amides is 1. The lowest BCUT2D eigenvalue weighted by Gasteiger charge is -2.28. The highest BCUT2D eigenvalue weighted by Gasteiger charge is 2.38. The molecule has 0 saturated carbocycles. The Hall–Kier alpha value is -1.51. The summed E-state index contributed by atoms with van der Waals surface area (Å²) in [4.78, 5) is 14.9. The topological polar surface area (TPSA) is 84.9 Å². The zero-order chi connectivity index (χ0) is 18.9. The minimum atomic E-state index is -3.56. The number of carbonyl (C=O) groups excluding carboxylic acids is 1. The Kier molecular flexibility index (Phi) is 6.73. The molecule has 0 aromatic heterocycles. The second-order valence-corrected chi connectivity index (χ2v) is 9.52. The summed E-state index contributed by atoms with van der Waals surface area (Å²) in [7, 11) is -3.56. The number of hydrogen-bond acceptors (Lipinski definition) is 6. The number of benzene rings is 1. The molecular weight excluding hydrogens is 404 g/mol. The predicted molar refractivity (Wildman–Crippen MR) is 107 cm³/mol. The number of ether oxygens (including phenoxy) is 2. The number of halogens is 1. The van der Waals surface area contributed by atoms with E-state index in [4.69, 9.17) is 9.47 Å². The molecule has 0 radical (unpaired) electrons. The Morgan fingerprint density at radius 2 is 1.86 bits per heavy atom. The molecule has 4 rings (SSSR count). The summed E-state index contributed by atoms with van der Waals surface area (Å²) < 4.78 is 36.6. The van der Waals surface area contributed by atoms with Crippen molar-refractivity contribution < 1.29 is 22.7 Å². The fraction of sp³-hybridized carbons (Fsp3) is 0.632. The molecule has 2 bridgehead atoms. The Labute approximate surface area is 172 Å². The van der Waals surface area contributed by atoms with Crippen LogP contribution in [0.1, 0.15) is 32.1 Å². The lowest BCUT2D eigenvalue weighted by atomic mass is 10.1. The Morgan fingerprint density at radius 1 is 1.11 bits per heavy atom. The van der Waals surface area contributed by atoms with Gasteiger partial charge in [0.15, 0.2) is 21.3 Å². The number of fused-ring (bicyclic) bond motifs is 3. The first-order chi connectivity index (χ1) is 13.0. The number of hydrogen-bond donors (Lipinski definition) is 1. The molecule has 7 nitrogen and oxygen atoms in total. The Bertz CT molecular complexity index is 803. The zero-order valence-electron chi connectivity index (χ0n) is 15.8. The van der Waals surface area contributed by atoms with Gasteiger partial charge in [-0.3, -0.25) is 4.79 Å². The Morgan fingerprint density at radius 3 is 2.68 bits per heavy atom. The maximum absolute atomic E-state index is 12.8. The molecule has 1 aromatic rings. The molecule has 3 heterocycles. The summed E-state index contributed by atoms with van der Waals surface area (Å²) in [5.74, 6) is 0.784. The molecule has 2 atom stereocenters. The van der Waals surface area contributed by atoms with Crippen molar-refractivity contribution in [1.82, 2.24) is 10.2 Å². The van der Waals surface area contributed by atoms with E-state index in [1.807, 2.05) is 4.90 Å². The van der Waals surface area contributed by atoms with E-state index in [1.165, 1.54) is 12.1 Å². The smallest absolute Gasteiger partial charge is 0.224 e. The van der Waals surface area contributed by atoms with Crippen LogP contribution in [0.3, 0.4) is 0 Å². The molecule has 3 aliphatic heterocycles. The summed E-state index contributed by atoms with van der Waals surface area (Å²) in [5, 5.41) is 3.36.